The van der Waals surface area contributed by atoms with E-state index in [0.29, 0.717) is 6.42 Å². The maximum atomic E-state index is 11.8. The molecule has 0 unspecified atom stereocenters. The second-order valence-corrected chi connectivity index (χ2v) is 6.11. The largest absolute Gasteiger partial charge is 0.478 e. The van der Waals surface area contributed by atoms with Crippen molar-refractivity contribution in [1.29, 1.82) is 0 Å². The first-order chi connectivity index (χ1) is 12.3. The summed E-state index contributed by atoms with van der Waals surface area (Å²) < 4.78 is 30.6. The summed E-state index contributed by atoms with van der Waals surface area (Å²) in [5.74, 6) is -2.63. The Labute approximate surface area is 152 Å². The summed E-state index contributed by atoms with van der Waals surface area (Å²) in [4.78, 5) is 22.8. The van der Waals surface area contributed by atoms with Gasteiger partial charge in [-0.3, -0.25) is 0 Å². The van der Waals surface area contributed by atoms with Crippen molar-refractivity contribution in [3.05, 3.63) is 35.4 Å². The second kappa shape index (κ2) is 13.0. The quantitative estimate of drug-likeness (QED) is 0.424. The molecule has 1 aromatic carbocycles. The van der Waals surface area contributed by atoms with Crippen LogP contribution in [0.1, 0.15) is 53.3 Å². The molecule has 26 heavy (non-hydrogen) atoms. The second-order valence-electron chi connectivity index (χ2n) is 4.88. The number of rotatable bonds is 9. The molecule has 0 aromatic heterocycles. The van der Waals surface area contributed by atoms with Crippen molar-refractivity contribution < 1.29 is 37.5 Å². The van der Waals surface area contributed by atoms with Gasteiger partial charge in [0.15, 0.2) is 0 Å². The summed E-state index contributed by atoms with van der Waals surface area (Å²) in [6.45, 7) is 1.76. The van der Waals surface area contributed by atoms with Crippen LogP contribution >= 0.6 is 0 Å². The molecule has 0 atom stereocenters. The van der Waals surface area contributed by atoms with E-state index in [1.54, 1.807) is 0 Å². The zero-order valence-electron chi connectivity index (χ0n) is 14.4. The Balaban J connectivity index is 0.00000141. The van der Waals surface area contributed by atoms with Crippen molar-refractivity contribution in [2.24, 2.45) is 4.40 Å². The molecular weight excluding hydrogens is 366 g/mol. The Hall–Kier alpha value is -2.30. The van der Waals surface area contributed by atoms with Gasteiger partial charge in [0.1, 0.15) is 0 Å². The predicted molar refractivity (Wildman–Crippen MR) is 94.5 cm³/mol. The van der Waals surface area contributed by atoms with Crippen LogP contribution in [0.15, 0.2) is 28.7 Å². The van der Waals surface area contributed by atoms with Gasteiger partial charge < -0.3 is 19.5 Å². The van der Waals surface area contributed by atoms with Gasteiger partial charge in [-0.05, 0) is 25.0 Å². The van der Waals surface area contributed by atoms with E-state index in [2.05, 4.69) is 8.58 Å². The minimum absolute atomic E-state index is 0.125. The topological polar surface area (TPSA) is 151 Å². The molecule has 3 N–H and O–H groups in total. The van der Waals surface area contributed by atoms with Crippen molar-refractivity contribution in [2.45, 2.75) is 32.6 Å². The van der Waals surface area contributed by atoms with Crippen molar-refractivity contribution in [3.63, 3.8) is 0 Å². The molecule has 1 aromatic rings. The van der Waals surface area contributed by atoms with Crippen LogP contribution in [0.3, 0.4) is 0 Å². The van der Waals surface area contributed by atoms with Crippen molar-refractivity contribution >= 4 is 28.5 Å². The fourth-order valence-corrected chi connectivity index (χ4v) is 2.25. The third kappa shape index (κ3) is 9.87. The van der Waals surface area contributed by atoms with Crippen molar-refractivity contribution in [2.75, 3.05) is 13.2 Å². The first-order valence-corrected chi connectivity index (χ1v) is 9.22. The fraction of sp³-hybridized carbons (Fsp3) is 0.438. The van der Waals surface area contributed by atoms with Crippen LogP contribution in [0.25, 0.3) is 0 Å². The Morgan fingerprint density at radius 2 is 1.69 bits per heavy atom. The molecule has 146 valence electrons. The number of unbranched alkanes of at least 4 members (excludes halogenated alkanes) is 3. The number of carboxylic acids is 1. The molecule has 0 radical (unpaired) electrons. The van der Waals surface area contributed by atoms with Gasteiger partial charge in [-0.25, -0.2) is 9.59 Å². The van der Waals surface area contributed by atoms with Gasteiger partial charge in [0.25, 0.3) is 0 Å². The van der Waals surface area contributed by atoms with Gasteiger partial charge in [0.05, 0.1) is 24.3 Å². The van der Waals surface area contributed by atoms with Gasteiger partial charge in [-0.2, -0.15) is 8.42 Å². The van der Waals surface area contributed by atoms with Gasteiger partial charge in [0.2, 0.25) is 0 Å². The predicted octanol–water partition coefficient (Wildman–Crippen LogP) is 1.41. The normalized spacial score (nSPS) is 10.9. The van der Waals surface area contributed by atoms with E-state index < -0.39 is 22.2 Å². The first kappa shape index (κ1) is 23.7. The van der Waals surface area contributed by atoms with Crippen LogP contribution in [0.2, 0.25) is 0 Å². The minimum atomic E-state index is -4.43. The van der Waals surface area contributed by atoms with Crippen LogP contribution in [0, 0.1) is 0 Å². The highest BCUT2D eigenvalue weighted by molar-refractivity contribution is 7.85. The van der Waals surface area contributed by atoms with Gasteiger partial charge in [-0.15, -0.1) is 4.40 Å². The molecular formula is C16H23NO8S. The molecule has 0 aliphatic carbocycles. The van der Waals surface area contributed by atoms with Crippen molar-refractivity contribution in [1.82, 2.24) is 0 Å². The van der Waals surface area contributed by atoms with E-state index in [-0.39, 0.29) is 24.3 Å². The van der Waals surface area contributed by atoms with E-state index in [0.717, 1.165) is 19.3 Å². The molecule has 1 rings (SSSR count). The number of carbonyl (C=O) groups excluding carboxylic acids is 1. The van der Waals surface area contributed by atoms with E-state index in [9.17, 15) is 18.0 Å². The number of nitrogens with zero attached hydrogens (tertiary/aromatic N) is 1. The number of aromatic carboxylic acids is 1. The van der Waals surface area contributed by atoms with E-state index in [1.165, 1.54) is 30.5 Å². The molecule has 0 bridgehead atoms. The number of hydrogen-bond acceptors (Lipinski definition) is 7. The average molecular weight is 389 g/mol. The minimum Gasteiger partial charge on any atom is -0.478 e. The molecule has 9 nitrogen and oxygen atoms in total. The molecule has 0 aliphatic rings. The van der Waals surface area contributed by atoms with Gasteiger partial charge in [0, 0.05) is 6.21 Å². The average Bonchev–Trinajstić information content (AvgIpc) is 2.61. The summed E-state index contributed by atoms with van der Waals surface area (Å²) in [5, 5.41) is 24.2. The third-order valence-electron chi connectivity index (χ3n) is 2.80. The Bertz CT molecular complexity index is 698. The maximum Gasteiger partial charge on any atom is 0.430 e. The number of benzene rings is 1. The highest BCUT2D eigenvalue weighted by Crippen LogP contribution is 2.12. The summed E-state index contributed by atoms with van der Waals surface area (Å²) >= 11 is 0. The summed E-state index contributed by atoms with van der Waals surface area (Å²) in [5.41, 5.74) is -0.686. The van der Waals surface area contributed by atoms with Crippen LogP contribution in [0.4, 0.5) is 0 Å². The Kier molecular flexibility index (Phi) is 11.8. The zero-order chi connectivity index (χ0) is 20.0. The molecule has 0 spiro atoms. The molecule has 0 aliphatic heterocycles. The lowest BCUT2D eigenvalue weighted by molar-refractivity contribution is 0.0670. The van der Waals surface area contributed by atoms with Crippen LogP contribution in [-0.2, 0) is 14.5 Å². The van der Waals surface area contributed by atoms with Crippen molar-refractivity contribution in [3.8, 4) is 0 Å². The number of carbonyl (C=O) groups is 2. The van der Waals surface area contributed by atoms with Crippen LogP contribution in [0.5, 0.6) is 0 Å². The molecule has 0 saturated heterocycles. The van der Waals surface area contributed by atoms with Crippen LogP contribution in [-0.4, -0.2) is 55.1 Å². The Morgan fingerprint density at radius 3 is 2.19 bits per heavy atom. The van der Waals surface area contributed by atoms with Gasteiger partial charge in [-0.1, -0.05) is 31.9 Å². The number of carboxylic acid groups (broad SMARTS) is 1. The van der Waals surface area contributed by atoms with Gasteiger partial charge >= 0.3 is 22.2 Å². The number of aliphatic hydroxyl groups is 2. The standard InChI is InChI=1S/C14H17NO6S.C2H6O2/c1-2-3-4-7-10-15-22(19,20)21-14(18)12-9-6-5-8-11(12)13(16)17;3-1-2-4/h5-6,8-10H,2-4,7H2,1H3,(H,16,17);3-4H,1-2H2. The van der Waals surface area contributed by atoms with E-state index in [1.807, 2.05) is 6.92 Å². The SMILES string of the molecule is CCCCCC=NS(=O)(=O)OC(=O)c1ccccc1C(=O)O.OCCO. The zero-order valence-corrected chi connectivity index (χ0v) is 15.2. The lowest BCUT2D eigenvalue weighted by Gasteiger charge is -2.04. The molecule has 0 amide bonds. The first-order valence-electron chi connectivity index (χ1n) is 7.85. The smallest absolute Gasteiger partial charge is 0.430 e. The fourth-order valence-electron chi connectivity index (χ4n) is 1.64. The summed E-state index contributed by atoms with van der Waals surface area (Å²) in [6, 6.07) is 5.18. The molecule has 10 heteroatoms. The Morgan fingerprint density at radius 1 is 1.12 bits per heavy atom. The number of hydrogen-bond donors (Lipinski definition) is 3. The maximum absolute atomic E-state index is 11.8. The third-order valence-corrected chi connectivity index (χ3v) is 3.57. The summed E-state index contributed by atoms with van der Waals surface area (Å²) in [7, 11) is -4.43. The highest BCUT2D eigenvalue weighted by atomic mass is 32.2. The molecule has 0 saturated carbocycles. The molecule has 0 heterocycles. The molecule has 0 fully saturated rings. The monoisotopic (exact) mass is 389 g/mol. The number of aliphatic hydroxyl groups excluding tert-OH is 2. The van der Waals surface area contributed by atoms with Crippen LogP contribution < -0.4 is 0 Å². The van der Waals surface area contributed by atoms with E-state index in [4.69, 9.17) is 15.3 Å². The highest BCUT2D eigenvalue weighted by Gasteiger charge is 2.22. The lowest BCUT2D eigenvalue weighted by atomic mass is 10.1. The summed E-state index contributed by atoms with van der Waals surface area (Å²) in [6.07, 6.45) is 4.34. The van der Waals surface area contributed by atoms with E-state index >= 15 is 0 Å². The lowest BCUT2D eigenvalue weighted by Crippen LogP contribution is -2.15.